The van der Waals surface area contributed by atoms with Crippen molar-refractivity contribution in [1.29, 1.82) is 0 Å². The van der Waals surface area contributed by atoms with Gasteiger partial charge in [0.25, 0.3) is 0 Å². The second kappa shape index (κ2) is 8.21. The van der Waals surface area contributed by atoms with Crippen LogP contribution in [0.15, 0.2) is 60.7 Å². The van der Waals surface area contributed by atoms with Gasteiger partial charge in [-0.1, -0.05) is 53.5 Å². The number of halogens is 2. The maximum atomic E-state index is 12.1. The van der Waals surface area contributed by atoms with Crippen molar-refractivity contribution in [3.05, 3.63) is 87.5 Å². The minimum atomic E-state index is -0.266. The third-order valence-electron chi connectivity index (χ3n) is 3.77. The molecule has 1 heterocycles. The Labute approximate surface area is 162 Å². The molecule has 1 N–H and O–H groups in total. The predicted molar refractivity (Wildman–Crippen MR) is 107 cm³/mol. The van der Waals surface area contributed by atoms with Gasteiger partial charge < -0.3 is 5.32 Å². The molecule has 4 nitrogen and oxygen atoms in total. The number of carbonyl (C=O) groups is 1. The third-order valence-corrected chi connectivity index (χ3v) is 4.35. The number of rotatable bonds is 5. The zero-order valence-electron chi connectivity index (χ0n) is 14.1. The molecule has 0 bridgehead atoms. The Morgan fingerprint density at radius 2 is 1.96 bits per heavy atom. The maximum Gasteiger partial charge on any atom is 0.249 e. The largest absolute Gasteiger partial charge is 0.306 e. The number of aromatic nitrogens is 2. The lowest BCUT2D eigenvalue weighted by molar-refractivity contribution is -0.111. The smallest absolute Gasteiger partial charge is 0.249 e. The van der Waals surface area contributed by atoms with Crippen LogP contribution in [-0.2, 0) is 11.3 Å². The molecule has 0 atom stereocenters. The molecule has 0 aliphatic heterocycles. The summed E-state index contributed by atoms with van der Waals surface area (Å²) >= 11 is 12.1. The summed E-state index contributed by atoms with van der Waals surface area (Å²) in [5, 5.41) is 8.47. The van der Waals surface area contributed by atoms with Crippen molar-refractivity contribution in [3.63, 3.8) is 0 Å². The van der Waals surface area contributed by atoms with Gasteiger partial charge in [0.1, 0.15) is 0 Å². The van der Waals surface area contributed by atoms with Crippen molar-refractivity contribution in [2.45, 2.75) is 13.5 Å². The number of hydrogen-bond donors (Lipinski definition) is 1. The van der Waals surface area contributed by atoms with Crippen LogP contribution in [0.1, 0.15) is 16.8 Å². The highest BCUT2D eigenvalue weighted by Gasteiger charge is 2.07. The van der Waals surface area contributed by atoms with Crippen molar-refractivity contribution in [2.75, 3.05) is 5.32 Å². The molecule has 6 heteroatoms. The summed E-state index contributed by atoms with van der Waals surface area (Å²) in [4.78, 5) is 12.1. The van der Waals surface area contributed by atoms with E-state index < -0.39 is 0 Å². The van der Waals surface area contributed by atoms with E-state index in [1.54, 1.807) is 12.1 Å². The molecule has 0 saturated heterocycles. The van der Waals surface area contributed by atoms with Crippen molar-refractivity contribution in [2.24, 2.45) is 0 Å². The Morgan fingerprint density at radius 3 is 2.73 bits per heavy atom. The van der Waals surface area contributed by atoms with Crippen LogP contribution in [0.2, 0.25) is 10.0 Å². The first-order valence-corrected chi connectivity index (χ1v) is 8.79. The summed E-state index contributed by atoms with van der Waals surface area (Å²) in [7, 11) is 0. The molecule has 132 valence electrons. The van der Waals surface area contributed by atoms with Crippen molar-refractivity contribution >= 4 is 41.0 Å². The molecule has 3 rings (SSSR count). The van der Waals surface area contributed by atoms with Crippen molar-refractivity contribution < 1.29 is 4.79 Å². The maximum absolute atomic E-state index is 12.1. The van der Waals surface area contributed by atoms with E-state index in [0.29, 0.717) is 22.4 Å². The number of hydrogen-bond acceptors (Lipinski definition) is 2. The highest BCUT2D eigenvalue weighted by atomic mass is 35.5. The molecule has 0 radical (unpaired) electrons. The molecule has 0 saturated carbocycles. The average Bonchev–Trinajstić information content (AvgIpc) is 2.93. The topological polar surface area (TPSA) is 46.9 Å². The highest BCUT2D eigenvalue weighted by molar-refractivity contribution is 6.32. The third kappa shape index (κ3) is 4.75. The van der Waals surface area contributed by atoms with E-state index in [2.05, 4.69) is 10.4 Å². The summed E-state index contributed by atoms with van der Waals surface area (Å²) in [6, 6.07) is 16.8. The zero-order valence-corrected chi connectivity index (χ0v) is 15.6. The van der Waals surface area contributed by atoms with E-state index in [0.717, 1.165) is 16.8 Å². The minimum absolute atomic E-state index is 0.266. The monoisotopic (exact) mass is 385 g/mol. The average molecular weight is 386 g/mol. The van der Waals surface area contributed by atoms with Gasteiger partial charge in [-0.05, 0) is 42.3 Å². The number of nitrogens with zero attached hydrogens (tertiary/aromatic N) is 2. The molecule has 0 unspecified atom stereocenters. The zero-order chi connectivity index (χ0) is 18.5. The second-order valence-electron chi connectivity index (χ2n) is 5.80. The Hall–Kier alpha value is -2.56. The van der Waals surface area contributed by atoms with E-state index in [9.17, 15) is 4.79 Å². The van der Waals surface area contributed by atoms with Gasteiger partial charge in [0.15, 0.2) is 5.82 Å². The molecule has 0 aliphatic rings. The molecular formula is C20H17Cl2N3O. The molecule has 3 aromatic rings. The predicted octanol–water partition coefficient (Wildman–Crippen LogP) is 5.20. The summed E-state index contributed by atoms with van der Waals surface area (Å²) < 4.78 is 1.82. The number of carbonyl (C=O) groups excluding carboxylic acids is 1. The van der Waals surface area contributed by atoms with Crippen LogP contribution >= 0.6 is 23.2 Å². The molecular weight excluding hydrogens is 369 g/mol. The lowest BCUT2D eigenvalue weighted by Gasteiger charge is -2.04. The number of benzene rings is 2. The van der Waals surface area contributed by atoms with Gasteiger partial charge >= 0.3 is 0 Å². The number of amides is 1. The first kappa shape index (κ1) is 18.2. The summed E-state index contributed by atoms with van der Waals surface area (Å²) in [6.07, 6.45) is 3.11. The van der Waals surface area contributed by atoms with Gasteiger partial charge in [0.2, 0.25) is 5.91 Å². The summed E-state index contributed by atoms with van der Waals surface area (Å²) in [6.45, 7) is 2.52. The first-order chi connectivity index (χ1) is 12.5. The SMILES string of the molecule is Cc1cc(NC(=O)/C=C/c2ccccc2Cl)nn1Cc1cccc(Cl)c1. The molecule has 0 spiro atoms. The van der Waals surface area contributed by atoms with Gasteiger partial charge in [-0.3, -0.25) is 9.48 Å². The van der Waals surface area contributed by atoms with E-state index in [4.69, 9.17) is 23.2 Å². The quantitative estimate of drug-likeness (QED) is 0.613. The second-order valence-corrected chi connectivity index (χ2v) is 6.65. The standard InChI is InChI=1S/C20H17Cl2N3O/c1-14-11-19(24-25(14)13-15-5-4-7-17(21)12-15)23-20(26)10-9-16-6-2-3-8-18(16)22/h2-12H,13H2,1H3,(H,23,24,26)/b10-9+. The minimum Gasteiger partial charge on any atom is -0.306 e. The molecule has 2 aromatic carbocycles. The Balaban J connectivity index is 1.67. The van der Waals surface area contributed by atoms with Crippen molar-refractivity contribution in [3.8, 4) is 0 Å². The molecule has 1 amide bonds. The lowest BCUT2D eigenvalue weighted by Crippen LogP contribution is -2.09. The van der Waals surface area contributed by atoms with Crippen LogP contribution in [0, 0.1) is 6.92 Å². The molecule has 0 fully saturated rings. The van der Waals surface area contributed by atoms with Crippen LogP contribution < -0.4 is 5.32 Å². The number of aryl methyl sites for hydroxylation is 1. The van der Waals surface area contributed by atoms with Crippen LogP contribution in [0.3, 0.4) is 0 Å². The van der Waals surface area contributed by atoms with Crippen molar-refractivity contribution in [1.82, 2.24) is 9.78 Å². The van der Waals surface area contributed by atoms with Gasteiger partial charge in [0.05, 0.1) is 6.54 Å². The summed E-state index contributed by atoms with van der Waals surface area (Å²) in [5.74, 6) is 0.232. The van der Waals surface area contributed by atoms with Gasteiger partial charge in [-0.25, -0.2) is 0 Å². The van der Waals surface area contributed by atoms with Crippen LogP contribution in [0.5, 0.6) is 0 Å². The van der Waals surface area contributed by atoms with E-state index >= 15 is 0 Å². The lowest BCUT2D eigenvalue weighted by atomic mass is 10.2. The Bertz CT molecular complexity index is 963. The molecule has 1 aromatic heterocycles. The van der Waals surface area contributed by atoms with Gasteiger partial charge in [0, 0.05) is 27.9 Å². The van der Waals surface area contributed by atoms with Crippen LogP contribution in [0.25, 0.3) is 6.08 Å². The highest BCUT2D eigenvalue weighted by Crippen LogP contribution is 2.17. The molecule has 26 heavy (non-hydrogen) atoms. The van der Waals surface area contributed by atoms with Crippen LogP contribution in [0.4, 0.5) is 5.82 Å². The van der Waals surface area contributed by atoms with Crippen LogP contribution in [-0.4, -0.2) is 15.7 Å². The molecule has 0 aliphatic carbocycles. The normalized spacial score (nSPS) is 11.0. The summed E-state index contributed by atoms with van der Waals surface area (Å²) in [5.41, 5.74) is 2.77. The Morgan fingerprint density at radius 1 is 1.15 bits per heavy atom. The van der Waals surface area contributed by atoms with Gasteiger partial charge in [-0.2, -0.15) is 5.10 Å². The fourth-order valence-electron chi connectivity index (χ4n) is 2.48. The first-order valence-electron chi connectivity index (χ1n) is 8.04. The number of anilines is 1. The Kier molecular flexibility index (Phi) is 5.76. The van der Waals surface area contributed by atoms with E-state index in [-0.39, 0.29) is 5.91 Å². The van der Waals surface area contributed by atoms with E-state index in [1.165, 1.54) is 6.08 Å². The number of nitrogens with one attached hydrogen (secondary N) is 1. The fraction of sp³-hybridized carbons (Fsp3) is 0.100. The van der Waals surface area contributed by atoms with E-state index in [1.807, 2.05) is 60.1 Å². The van der Waals surface area contributed by atoms with Gasteiger partial charge in [-0.15, -0.1) is 0 Å². The fourth-order valence-corrected chi connectivity index (χ4v) is 2.89.